The highest BCUT2D eigenvalue weighted by Gasteiger charge is 2.26. The van der Waals surface area contributed by atoms with Crippen molar-refractivity contribution in [3.63, 3.8) is 0 Å². The monoisotopic (exact) mass is 347 g/mol. The molecule has 1 N–H and O–H groups in total. The van der Waals surface area contributed by atoms with Gasteiger partial charge in [-0.25, -0.2) is 4.98 Å². The molecule has 0 saturated carbocycles. The maximum atomic E-state index is 12.9. The Bertz CT molecular complexity index is 660. The molecular formula is C18H25N3O2S. The highest BCUT2D eigenvalue weighted by molar-refractivity contribution is 7.08. The normalized spacial score (nSPS) is 15.6. The summed E-state index contributed by atoms with van der Waals surface area (Å²) in [7, 11) is 0. The number of rotatable bonds is 6. The molecule has 2 aromatic rings. The zero-order chi connectivity index (χ0) is 16.9. The number of amides is 1. The molecule has 3 heterocycles. The molecule has 1 aliphatic rings. The summed E-state index contributed by atoms with van der Waals surface area (Å²) in [5, 5.41) is 7.37. The minimum Gasteiger partial charge on any atom is -0.441 e. The minimum absolute atomic E-state index is 0.164. The van der Waals surface area contributed by atoms with E-state index in [0.717, 1.165) is 55.9 Å². The predicted molar refractivity (Wildman–Crippen MR) is 96.2 cm³/mol. The van der Waals surface area contributed by atoms with Gasteiger partial charge in [-0.05, 0) is 50.7 Å². The van der Waals surface area contributed by atoms with Crippen molar-refractivity contribution in [1.29, 1.82) is 0 Å². The maximum absolute atomic E-state index is 12.9. The number of aryl methyl sites for hydroxylation is 1. The minimum atomic E-state index is 0.164. The second kappa shape index (κ2) is 7.94. The van der Waals surface area contributed by atoms with Gasteiger partial charge in [0.25, 0.3) is 0 Å². The Morgan fingerprint density at radius 1 is 1.46 bits per heavy atom. The first-order valence-electron chi connectivity index (χ1n) is 8.68. The van der Waals surface area contributed by atoms with Gasteiger partial charge in [0.15, 0.2) is 0 Å². The fraction of sp³-hybridized carbons (Fsp3) is 0.556. The van der Waals surface area contributed by atoms with Crippen molar-refractivity contribution in [3.05, 3.63) is 28.3 Å². The highest BCUT2D eigenvalue weighted by atomic mass is 32.1. The summed E-state index contributed by atoms with van der Waals surface area (Å²) in [5.41, 5.74) is 1.74. The van der Waals surface area contributed by atoms with Gasteiger partial charge >= 0.3 is 0 Å². The molecule has 1 fully saturated rings. The highest BCUT2D eigenvalue weighted by Crippen LogP contribution is 2.24. The summed E-state index contributed by atoms with van der Waals surface area (Å²) in [6, 6.07) is 2.34. The van der Waals surface area contributed by atoms with E-state index < -0.39 is 0 Å². The van der Waals surface area contributed by atoms with Crippen LogP contribution in [0.3, 0.4) is 0 Å². The van der Waals surface area contributed by atoms with Crippen LogP contribution in [0.2, 0.25) is 0 Å². The molecule has 1 saturated heterocycles. The topological polar surface area (TPSA) is 58.4 Å². The number of thiophene rings is 1. The Hall–Kier alpha value is -1.66. The smallest absolute Gasteiger partial charge is 0.228 e. The van der Waals surface area contributed by atoms with Crippen LogP contribution in [0.5, 0.6) is 0 Å². The van der Waals surface area contributed by atoms with Gasteiger partial charge in [-0.3, -0.25) is 4.79 Å². The van der Waals surface area contributed by atoms with Gasteiger partial charge in [-0.15, -0.1) is 0 Å². The van der Waals surface area contributed by atoms with Crippen molar-refractivity contribution in [2.75, 3.05) is 19.6 Å². The summed E-state index contributed by atoms with van der Waals surface area (Å²) in [4.78, 5) is 19.5. The SMILES string of the molecule is CCCN(C(=O)Cc1nc(-c2ccsc2)oc1C)C1CCNCC1. The molecule has 0 unspecified atom stereocenters. The summed E-state index contributed by atoms with van der Waals surface area (Å²) in [6.07, 6.45) is 3.37. The van der Waals surface area contributed by atoms with Gasteiger partial charge in [0.2, 0.25) is 11.8 Å². The van der Waals surface area contributed by atoms with E-state index in [1.807, 2.05) is 23.8 Å². The number of carbonyl (C=O) groups excluding carboxylic acids is 1. The second-order valence-electron chi connectivity index (χ2n) is 6.28. The molecule has 6 heteroatoms. The second-order valence-corrected chi connectivity index (χ2v) is 7.06. The number of nitrogens with zero attached hydrogens (tertiary/aromatic N) is 2. The maximum Gasteiger partial charge on any atom is 0.228 e. The van der Waals surface area contributed by atoms with E-state index >= 15 is 0 Å². The number of nitrogens with one attached hydrogen (secondary N) is 1. The predicted octanol–water partition coefficient (Wildman–Crippen LogP) is 3.24. The number of piperidine rings is 1. The van der Waals surface area contributed by atoms with Crippen LogP contribution in [0, 0.1) is 6.92 Å². The van der Waals surface area contributed by atoms with Crippen molar-refractivity contribution in [1.82, 2.24) is 15.2 Å². The van der Waals surface area contributed by atoms with Crippen LogP contribution in [0.4, 0.5) is 0 Å². The third-order valence-electron chi connectivity index (χ3n) is 4.51. The van der Waals surface area contributed by atoms with Gasteiger partial charge in [0.05, 0.1) is 12.1 Å². The van der Waals surface area contributed by atoms with Crippen LogP contribution in [0.1, 0.15) is 37.6 Å². The van der Waals surface area contributed by atoms with Gasteiger partial charge in [-0.1, -0.05) is 6.92 Å². The molecule has 24 heavy (non-hydrogen) atoms. The lowest BCUT2D eigenvalue weighted by Gasteiger charge is -2.34. The fourth-order valence-electron chi connectivity index (χ4n) is 3.22. The first-order valence-corrected chi connectivity index (χ1v) is 9.62. The Labute approximate surface area is 147 Å². The molecule has 0 bridgehead atoms. The Kier molecular flexibility index (Phi) is 5.68. The van der Waals surface area contributed by atoms with Crippen molar-refractivity contribution in [3.8, 4) is 11.5 Å². The summed E-state index contributed by atoms with van der Waals surface area (Å²) < 4.78 is 5.76. The number of aromatic nitrogens is 1. The largest absolute Gasteiger partial charge is 0.441 e. The van der Waals surface area contributed by atoms with Crippen molar-refractivity contribution >= 4 is 17.2 Å². The standard InChI is InChI=1S/C18H25N3O2S/c1-3-9-21(15-4-7-19-8-5-15)17(22)11-16-13(2)23-18(20-16)14-6-10-24-12-14/h6,10,12,15,19H,3-5,7-9,11H2,1-2H3. The zero-order valence-electron chi connectivity index (χ0n) is 14.4. The summed E-state index contributed by atoms with van der Waals surface area (Å²) in [6.45, 7) is 6.81. The Morgan fingerprint density at radius 3 is 2.92 bits per heavy atom. The van der Waals surface area contributed by atoms with Crippen LogP contribution in [0.15, 0.2) is 21.2 Å². The molecular weight excluding hydrogens is 322 g/mol. The van der Waals surface area contributed by atoms with Crippen molar-refractivity contribution in [2.45, 2.75) is 45.6 Å². The van der Waals surface area contributed by atoms with E-state index in [0.29, 0.717) is 18.4 Å². The summed E-state index contributed by atoms with van der Waals surface area (Å²) >= 11 is 1.61. The van der Waals surface area contributed by atoms with Gasteiger partial charge in [0.1, 0.15) is 5.76 Å². The first-order chi connectivity index (χ1) is 11.7. The molecule has 0 spiro atoms. The van der Waals surface area contributed by atoms with Gasteiger partial charge in [0, 0.05) is 23.5 Å². The lowest BCUT2D eigenvalue weighted by Crippen LogP contribution is -2.47. The van der Waals surface area contributed by atoms with E-state index in [-0.39, 0.29) is 5.91 Å². The van der Waals surface area contributed by atoms with E-state index in [1.54, 1.807) is 11.3 Å². The number of oxazole rings is 1. The van der Waals surface area contributed by atoms with E-state index in [4.69, 9.17) is 4.42 Å². The first kappa shape index (κ1) is 17.2. The van der Waals surface area contributed by atoms with Crippen LogP contribution >= 0.6 is 11.3 Å². The molecule has 3 rings (SSSR count). The number of hydrogen-bond acceptors (Lipinski definition) is 5. The van der Waals surface area contributed by atoms with Crippen LogP contribution in [-0.4, -0.2) is 41.5 Å². The van der Waals surface area contributed by atoms with Crippen LogP contribution in [0.25, 0.3) is 11.5 Å². The van der Waals surface area contributed by atoms with E-state index in [2.05, 4.69) is 22.1 Å². The Morgan fingerprint density at radius 2 is 2.25 bits per heavy atom. The number of hydrogen-bond donors (Lipinski definition) is 1. The van der Waals surface area contributed by atoms with Gasteiger partial charge < -0.3 is 14.6 Å². The molecule has 0 aliphatic carbocycles. The molecule has 0 aromatic carbocycles. The third kappa shape index (κ3) is 3.87. The Balaban J connectivity index is 1.72. The average Bonchev–Trinajstić information content (AvgIpc) is 3.24. The molecule has 1 aliphatic heterocycles. The van der Waals surface area contributed by atoms with E-state index in [1.165, 1.54) is 0 Å². The molecule has 5 nitrogen and oxygen atoms in total. The molecule has 2 aromatic heterocycles. The van der Waals surface area contributed by atoms with Crippen LogP contribution in [-0.2, 0) is 11.2 Å². The fourth-order valence-corrected chi connectivity index (χ4v) is 3.85. The van der Waals surface area contributed by atoms with Crippen LogP contribution < -0.4 is 5.32 Å². The number of carbonyl (C=O) groups is 1. The lowest BCUT2D eigenvalue weighted by atomic mass is 10.0. The van der Waals surface area contributed by atoms with E-state index in [9.17, 15) is 4.79 Å². The van der Waals surface area contributed by atoms with Crippen molar-refractivity contribution in [2.24, 2.45) is 0 Å². The summed E-state index contributed by atoms with van der Waals surface area (Å²) in [5.74, 6) is 1.52. The lowest BCUT2D eigenvalue weighted by molar-refractivity contribution is -0.133. The van der Waals surface area contributed by atoms with Gasteiger partial charge in [-0.2, -0.15) is 11.3 Å². The molecule has 1 amide bonds. The quantitative estimate of drug-likeness (QED) is 0.871. The molecule has 130 valence electrons. The zero-order valence-corrected chi connectivity index (χ0v) is 15.2. The van der Waals surface area contributed by atoms with Crippen molar-refractivity contribution < 1.29 is 9.21 Å². The molecule has 0 radical (unpaired) electrons. The molecule has 0 atom stereocenters. The average molecular weight is 347 g/mol. The third-order valence-corrected chi connectivity index (χ3v) is 5.20.